The third-order valence-corrected chi connectivity index (χ3v) is 4.39. The SMILES string of the molecule is CCC1(CC)CC(C(=O)c2ccccc2)=CC=C1OC. The highest BCUT2D eigenvalue weighted by atomic mass is 16.5. The number of hydrogen-bond donors (Lipinski definition) is 0. The maximum atomic E-state index is 12.6. The summed E-state index contributed by atoms with van der Waals surface area (Å²) in [6.45, 7) is 4.32. The smallest absolute Gasteiger partial charge is 0.189 e. The summed E-state index contributed by atoms with van der Waals surface area (Å²) >= 11 is 0. The van der Waals surface area contributed by atoms with E-state index in [1.54, 1.807) is 7.11 Å². The van der Waals surface area contributed by atoms with E-state index < -0.39 is 0 Å². The van der Waals surface area contributed by atoms with Crippen LogP contribution in [-0.2, 0) is 4.74 Å². The summed E-state index contributed by atoms with van der Waals surface area (Å²) in [5, 5.41) is 0. The number of allylic oxidation sites excluding steroid dienone is 4. The third-order valence-electron chi connectivity index (χ3n) is 4.39. The van der Waals surface area contributed by atoms with Crippen LogP contribution in [0.4, 0.5) is 0 Å². The summed E-state index contributed by atoms with van der Waals surface area (Å²) in [6, 6.07) is 9.48. The Morgan fingerprint density at radius 3 is 2.35 bits per heavy atom. The second kappa shape index (κ2) is 6.08. The Morgan fingerprint density at radius 2 is 1.80 bits per heavy atom. The molecule has 1 aliphatic carbocycles. The Kier molecular flexibility index (Phi) is 4.43. The van der Waals surface area contributed by atoms with Gasteiger partial charge in [0.05, 0.1) is 7.11 Å². The van der Waals surface area contributed by atoms with Crippen LogP contribution in [0.5, 0.6) is 0 Å². The van der Waals surface area contributed by atoms with Crippen LogP contribution in [0.25, 0.3) is 0 Å². The Hall–Kier alpha value is -1.83. The summed E-state index contributed by atoms with van der Waals surface area (Å²) in [7, 11) is 1.71. The number of Topliss-reactive ketones (excluding diaryl/α,β-unsaturated/α-hetero) is 1. The summed E-state index contributed by atoms with van der Waals surface area (Å²) in [6.07, 6.45) is 6.59. The topological polar surface area (TPSA) is 26.3 Å². The standard InChI is InChI=1S/C18H22O2/c1-4-18(5-2)13-15(11-12-16(18)20-3)17(19)14-9-7-6-8-10-14/h6-12H,4-5,13H2,1-3H3. The molecule has 0 saturated heterocycles. The van der Waals surface area contributed by atoms with Gasteiger partial charge >= 0.3 is 0 Å². The lowest BCUT2D eigenvalue weighted by Crippen LogP contribution is -2.27. The van der Waals surface area contributed by atoms with E-state index >= 15 is 0 Å². The van der Waals surface area contributed by atoms with Crippen LogP contribution >= 0.6 is 0 Å². The van der Waals surface area contributed by atoms with Gasteiger partial charge in [-0.1, -0.05) is 50.3 Å². The molecule has 1 aromatic carbocycles. The van der Waals surface area contributed by atoms with E-state index in [9.17, 15) is 4.79 Å². The highest BCUT2D eigenvalue weighted by Crippen LogP contribution is 2.44. The Labute approximate surface area is 121 Å². The quantitative estimate of drug-likeness (QED) is 0.734. The zero-order valence-corrected chi connectivity index (χ0v) is 12.5. The number of ketones is 1. The van der Waals surface area contributed by atoms with Crippen LogP contribution in [-0.4, -0.2) is 12.9 Å². The van der Waals surface area contributed by atoms with Crippen molar-refractivity contribution >= 4 is 5.78 Å². The van der Waals surface area contributed by atoms with Crippen molar-refractivity contribution in [3.8, 4) is 0 Å². The highest BCUT2D eigenvalue weighted by Gasteiger charge is 2.36. The van der Waals surface area contributed by atoms with Gasteiger partial charge in [-0.3, -0.25) is 4.79 Å². The van der Waals surface area contributed by atoms with Crippen molar-refractivity contribution in [2.75, 3.05) is 7.11 Å². The predicted molar refractivity (Wildman–Crippen MR) is 81.6 cm³/mol. The molecular formula is C18H22O2. The average molecular weight is 270 g/mol. The molecule has 0 bridgehead atoms. The molecule has 2 heteroatoms. The first kappa shape index (κ1) is 14.6. The average Bonchev–Trinajstić information content (AvgIpc) is 2.54. The summed E-state index contributed by atoms with van der Waals surface area (Å²) in [5.74, 6) is 1.12. The molecule has 0 aromatic heterocycles. The first-order chi connectivity index (χ1) is 9.66. The fourth-order valence-corrected chi connectivity index (χ4v) is 2.93. The number of benzene rings is 1. The van der Waals surface area contributed by atoms with Crippen molar-refractivity contribution in [2.45, 2.75) is 33.1 Å². The number of ether oxygens (including phenoxy) is 1. The first-order valence-corrected chi connectivity index (χ1v) is 7.22. The molecule has 0 heterocycles. The van der Waals surface area contributed by atoms with Gasteiger partial charge < -0.3 is 4.74 Å². The van der Waals surface area contributed by atoms with Crippen molar-refractivity contribution in [1.29, 1.82) is 0 Å². The van der Waals surface area contributed by atoms with Gasteiger partial charge in [-0.25, -0.2) is 0 Å². The van der Waals surface area contributed by atoms with Gasteiger partial charge in [-0.15, -0.1) is 0 Å². The molecule has 1 aliphatic rings. The lowest BCUT2D eigenvalue weighted by atomic mass is 9.71. The van der Waals surface area contributed by atoms with Gasteiger partial charge in [-0.2, -0.15) is 0 Å². The van der Waals surface area contributed by atoms with Gasteiger partial charge in [0, 0.05) is 16.6 Å². The van der Waals surface area contributed by atoms with Crippen LogP contribution in [0.3, 0.4) is 0 Å². The second-order valence-corrected chi connectivity index (χ2v) is 5.29. The van der Waals surface area contributed by atoms with Crippen molar-refractivity contribution in [1.82, 2.24) is 0 Å². The van der Waals surface area contributed by atoms with Crippen molar-refractivity contribution in [3.63, 3.8) is 0 Å². The summed E-state index contributed by atoms with van der Waals surface area (Å²) < 4.78 is 5.53. The minimum atomic E-state index is -0.0384. The van der Waals surface area contributed by atoms with Crippen LogP contribution in [0, 0.1) is 5.41 Å². The lowest BCUT2D eigenvalue weighted by Gasteiger charge is -2.36. The van der Waals surface area contributed by atoms with E-state index in [0.29, 0.717) is 0 Å². The van der Waals surface area contributed by atoms with Gasteiger partial charge in [0.2, 0.25) is 0 Å². The number of carbonyl (C=O) groups is 1. The number of methoxy groups -OCH3 is 1. The zero-order chi connectivity index (χ0) is 14.6. The van der Waals surface area contributed by atoms with E-state index in [1.807, 2.05) is 42.5 Å². The van der Waals surface area contributed by atoms with E-state index in [1.165, 1.54) is 0 Å². The van der Waals surface area contributed by atoms with E-state index in [-0.39, 0.29) is 11.2 Å². The van der Waals surface area contributed by atoms with Crippen LogP contribution in [0.15, 0.2) is 53.8 Å². The number of carbonyl (C=O) groups excluding carboxylic acids is 1. The molecular weight excluding hydrogens is 248 g/mol. The normalized spacial score (nSPS) is 17.1. The molecule has 2 nitrogen and oxygen atoms in total. The molecule has 0 radical (unpaired) electrons. The lowest BCUT2D eigenvalue weighted by molar-refractivity contribution is 0.0999. The van der Waals surface area contributed by atoms with Crippen molar-refractivity contribution < 1.29 is 9.53 Å². The molecule has 1 aromatic rings. The van der Waals surface area contributed by atoms with E-state index in [2.05, 4.69) is 13.8 Å². The van der Waals surface area contributed by atoms with E-state index in [4.69, 9.17) is 4.74 Å². The molecule has 20 heavy (non-hydrogen) atoms. The predicted octanol–water partition coefficient (Wildman–Crippen LogP) is 4.54. The Morgan fingerprint density at radius 1 is 1.15 bits per heavy atom. The highest BCUT2D eigenvalue weighted by molar-refractivity contribution is 6.09. The van der Waals surface area contributed by atoms with Gasteiger partial charge in [0.15, 0.2) is 5.78 Å². The molecule has 106 valence electrons. The third kappa shape index (κ3) is 2.55. The van der Waals surface area contributed by atoms with Crippen LogP contribution in [0.2, 0.25) is 0 Å². The van der Waals surface area contributed by atoms with Gasteiger partial charge in [0.25, 0.3) is 0 Å². The number of rotatable bonds is 5. The Balaban J connectivity index is 2.33. The second-order valence-electron chi connectivity index (χ2n) is 5.29. The molecule has 0 amide bonds. The van der Waals surface area contributed by atoms with Crippen LogP contribution in [0.1, 0.15) is 43.5 Å². The largest absolute Gasteiger partial charge is 0.501 e. The molecule has 0 fully saturated rings. The molecule has 2 rings (SSSR count). The maximum absolute atomic E-state index is 12.6. The van der Waals surface area contributed by atoms with Crippen molar-refractivity contribution in [2.24, 2.45) is 5.41 Å². The summed E-state index contributed by atoms with van der Waals surface area (Å²) in [4.78, 5) is 12.6. The Bertz CT molecular complexity index is 534. The summed E-state index contributed by atoms with van der Waals surface area (Å²) in [5.41, 5.74) is 1.60. The monoisotopic (exact) mass is 270 g/mol. The van der Waals surface area contributed by atoms with E-state index in [0.717, 1.165) is 36.2 Å². The van der Waals surface area contributed by atoms with Crippen molar-refractivity contribution in [3.05, 3.63) is 59.4 Å². The van der Waals surface area contributed by atoms with Crippen LogP contribution < -0.4 is 0 Å². The fraction of sp³-hybridized carbons (Fsp3) is 0.389. The molecule has 0 N–H and O–H groups in total. The van der Waals surface area contributed by atoms with Gasteiger partial charge in [0.1, 0.15) is 5.76 Å². The first-order valence-electron chi connectivity index (χ1n) is 7.22. The molecule has 0 saturated carbocycles. The number of hydrogen-bond acceptors (Lipinski definition) is 2. The molecule has 0 unspecified atom stereocenters. The molecule has 0 spiro atoms. The minimum absolute atomic E-state index is 0.0384. The van der Waals surface area contributed by atoms with Gasteiger partial charge in [-0.05, 0) is 25.3 Å². The fourth-order valence-electron chi connectivity index (χ4n) is 2.93. The zero-order valence-electron chi connectivity index (χ0n) is 12.5. The molecule has 0 aliphatic heterocycles. The minimum Gasteiger partial charge on any atom is -0.501 e. The maximum Gasteiger partial charge on any atom is 0.189 e. The molecule has 0 atom stereocenters.